The average Bonchev–Trinajstić information content (AvgIpc) is 2.85. The standard InChI is InChI=1S/C15H17F3N2O4/c1-8-4-9(13(24-8)15(16,17)18)6-19-7-12(22)20-3-2-10(21)5-11(20)14(19)23/h4,10-11,21H,2-3,5-7H2,1H3/t10-,11+/m1/s1. The van der Waals surface area contributed by atoms with E-state index >= 15 is 0 Å². The largest absolute Gasteiger partial charge is 0.456 e. The minimum Gasteiger partial charge on any atom is -0.456 e. The van der Waals surface area contributed by atoms with Gasteiger partial charge in [-0.15, -0.1) is 0 Å². The summed E-state index contributed by atoms with van der Waals surface area (Å²) in [5.41, 5.74) is -0.175. The number of aryl methyl sites for hydroxylation is 1. The molecule has 132 valence electrons. The molecule has 0 bridgehead atoms. The summed E-state index contributed by atoms with van der Waals surface area (Å²) in [5.74, 6) is -1.82. The van der Waals surface area contributed by atoms with E-state index in [2.05, 4.69) is 0 Å². The molecule has 0 spiro atoms. The molecule has 9 heteroatoms. The molecule has 0 unspecified atom stereocenters. The molecule has 24 heavy (non-hydrogen) atoms. The molecule has 2 saturated heterocycles. The Morgan fingerprint density at radius 3 is 2.75 bits per heavy atom. The molecule has 1 N–H and O–H groups in total. The number of aliphatic hydroxyl groups is 1. The molecule has 2 fully saturated rings. The van der Waals surface area contributed by atoms with Crippen LogP contribution in [-0.4, -0.2) is 52.0 Å². The van der Waals surface area contributed by atoms with Gasteiger partial charge in [-0.05, 0) is 19.4 Å². The van der Waals surface area contributed by atoms with Crippen LogP contribution in [-0.2, 0) is 22.3 Å². The van der Waals surface area contributed by atoms with Crippen LogP contribution < -0.4 is 0 Å². The predicted octanol–water partition coefficient (Wildman–Crippen LogP) is 1.30. The van der Waals surface area contributed by atoms with Gasteiger partial charge in [-0.2, -0.15) is 13.2 Å². The van der Waals surface area contributed by atoms with E-state index in [1.165, 1.54) is 17.9 Å². The summed E-state index contributed by atoms with van der Waals surface area (Å²) in [6, 6.07) is 0.417. The Bertz CT molecular complexity index is 670. The molecule has 2 amide bonds. The summed E-state index contributed by atoms with van der Waals surface area (Å²) in [7, 11) is 0. The molecule has 3 heterocycles. The molecule has 1 aromatic rings. The van der Waals surface area contributed by atoms with Crippen molar-refractivity contribution in [3.05, 3.63) is 23.2 Å². The van der Waals surface area contributed by atoms with Crippen molar-refractivity contribution in [1.82, 2.24) is 9.80 Å². The second-order valence-electron chi connectivity index (χ2n) is 6.18. The molecular weight excluding hydrogens is 329 g/mol. The lowest BCUT2D eigenvalue weighted by Crippen LogP contribution is -2.62. The number of alkyl halides is 3. The second-order valence-corrected chi connectivity index (χ2v) is 6.18. The van der Waals surface area contributed by atoms with Gasteiger partial charge < -0.3 is 19.3 Å². The highest BCUT2D eigenvalue weighted by Gasteiger charge is 2.44. The van der Waals surface area contributed by atoms with E-state index in [4.69, 9.17) is 4.42 Å². The predicted molar refractivity (Wildman–Crippen MR) is 74.6 cm³/mol. The van der Waals surface area contributed by atoms with Crippen LogP contribution in [0.1, 0.15) is 29.9 Å². The van der Waals surface area contributed by atoms with Crippen LogP contribution in [0.2, 0.25) is 0 Å². The Morgan fingerprint density at radius 2 is 2.08 bits per heavy atom. The van der Waals surface area contributed by atoms with Gasteiger partial charge in [0.15, 0.2) is 0 Å². The van der Waals surface area contributed by atoms with Gasteiger partial charge in [-0.1, -0.05) is 0 Å². The minimum atomic E-state index is -4.67. The number of fused-ring (bicyclic) bond motifs is 1. The number of carbonyl (C=O) groups is 2. The topological polar surface area (TPSA) is 74.0 Å². The van der Waals surface area contributed by atoms with Crippen LogP contribution in [0, 0.1) is 6.92 Å². The van der Waals surface area contributed by atoms with Crippen molar-refractivity contribution < 1.29 is 32.3 Å². The maximum atomic E-state index is 13.0. The number of hydrogen-bond donors (Lipinski definition) is 1. The summed E-state index contributed by atoms with van der Waals surface area (Å²) in [6.07, 6.45) is -4.85. The van der Waals surface area contributed by atoms with Crippen LogP contribution in [0.25, 0.3) is 0 Å². The summed E-state index contributed by atoms with van der Waals surface area (Å²) in [4.78, 5) is 27.2. The van der Waals surface area contributed by atoms with Crippen molar-refractivity contribution in [2.24, 2.45) is 0 Å². The van der Waals surface area contributed by atoms with Crippen molar-refractivity contribution in [2.75, 3.05) is 13.1 Å². The lowest BCUT2D eigenvalue weighted by Gasteiger charge is -2.43. The van der Waals surface area contributed by atoms with E-state index in [0.717, 1.165) is 4.90 Å². The molecule has 6 nitrogen and oxygen atoms in total. The Morgan fingerprint density at radius 1 is 1.38 bits per heavy atom. The van der Waals surface area contributed by atoms with Crippen LogP contribution in [0.15, 0.2) is 10.5 Å². The third kappa shape index (κ3) is 3.00. The summed E-state index contributed by atoms with van der Waals surface area (Å²) >= 11 is 0. The van der Waals surface area contributed by atoms with Gasteiger partial charge in [-0.3, -0.25) is 9.59 Å². The molecule has 2 aliphatic rings. The highest BCUT2D eigenvalue weighted by molar-refractivity contribution is 5.95. The third-order valence-electron chi connectivity index (χ3n) is 4.37. The first kappa shape index (κ1) is 16.8. The fourth-order valence-electron chi connectivity index (χ4n) is 3.29. The number of halogens is 3. The highest BCUT2D eigenvalue weighted by Crippen LogP contribution is 2.35. The second kappa shape index (κ2) is 5.80. The number of furan rings is 1. The molecule has 0 saturated carbocycles. The van der Waals surface area contributed by atoms with Crippen molar-refractivity contribution >= 4 is 11.8 Å². The Balaban J connectivity index is 1.83. The molecule has 0 radical (unpaired) electrons. The van der Waals surface area contributed by atoms with Crippen LogP contribution in [0.3, 0.4) is 0 Å². The quantitative estimate of drug-likeness (QED) is 0.876. The maximum Gasteiger partial charge on any atom is 0.449 e. The first-order chi connectivity index (χ1) is 11.2. The third-order valence-corrected chi connectivity index (χ3v) is 4.37. The lowest BCUT2D eigenvalue weighted by atomic mass is 9.96. The van der Waals surface area contributed by atoms with E-state index in [1.54, 1.807) is 0 Å². The number of piperazine rings is 1. The van der Waals surface area contributed by atoms with Crippen molar-refractivity contribution in [3.63, 3.8) is 0 Å². The fraction of sp³-hybridized carbons (Fsp3) is 0.600. The molecule has 1 aromatic heterocycles. The normalized spacial score (nSPS) is 25.2. The number of nitrogens with zero attached hydrogens (tertiary/aromatic N) is 2. The molecular formula is C15H17F3N2O4. The van der Waals surface area contributed by atoms with Gasteiger partial charge in [0.2, 0.25) is 17.6 Å². The Labute approximate surface area is 135 Å². The van der Waals surface area contributed by atoms with Crippen LogP contribution in [0.5, 0.6) is 0 Å². The molecule has 2 aliphatic heterocycles. The number of hydrogen-bond acceptors (Lipinski definition) is 4. The van der Waals surface area contributed by atoms with E-state index in [-0.39, 0.29) is 43.3 Å². The van der Waals surface area contributed by atoms with E-state index in [9.17, 15) is 27.9 Å². The number of carbonyl (C=O) groups excluding carboxylic acids is 2. The Hall–Kier alpha value is -2.03. The SMILES string of the molecule is Cc1cc(CN2CC(=O)N3CC[C@@H](O)C[C@H]3C2=O)c(C(F)(F)F)o1. The van der Waals surface area contributed by atoms with Crippen molar-refractivity contribution in [1.29, 1.82) is 0 Å². The molecule has 3 rings (SSSR count). The fourth-order valence-corrected chi connectivity index (χ4v) is 3.29. The number of amides is 2. The molecule has 0 aromatic carbocycles. The maximum absolute atomic E-state index is 13.0. The first-order valence-electron chi connectivity index (χ1n) is 7.59. The number of rotatable bonds is 2. The van der Waals surface area contributed by atoms with E-state index < -0.39 is 30.0 Å². The van der Waals surface area contributed by atoms with Crippen molar-refractivity contribution in [2.45, 2.75) is 44.6 Å². The van der Waals surface area contributed by atoms with Gasteiger partial charge in [-0.25, -0.2) is 0 Å². The van der Waals surface area contributed by atoms with Gasteiger partial charge in [0, 0.05) is 18.5 Å². The van der Waals surface area contributed by atoms with Gasteiger partial charge in [0.1, 0.15) is 18.3 Å². The van der Waals surface area contributed by atoms with Crippen LogP contribution in [0.4, 0.5) is 13.2 Å². The van der Waals surface area contributed by atoms with E-state index in [1.807, 2.05) is 0 Å². The lowest BCUT2D eigenvalue weighted by molar-refractivity contribution is -0.162. The highest BCUT2D eigenvalue weighted by atomic mass is 19.4. The molecule has 0 aliphatic carbocycles. The average molecular weight is 346 g/mol. The monoisotopic (exact) mass is 346 g/mol. The van der Waals surface area contributed by atoms with Crippen molar-refractivity contribution in [3.8, 4) is 0 Å². The van der Waals surface area contributed by atoms with E-state index in [0.29, 0.717) is 6.42 Å². The zero-order chi connectivity index (χ0) is 17.6. The van der Waals surface area contributed by atoms with Gasteiger partial charge in [0.25, 0.3) is 0 Å². The Kier molecular flexibility index (Phi) is 4.06. The van der Waals surface area contributed by atoms with Gasteiger partial charge >= 0.3 is 6.18 Å². The minimum absolute atomic E-state index is 0.0859. The van der Waals surface area contributed by atoms with Crippen LogP contribution >= 0.6 is 0 Å². The first-order valence-corrected chi connectivity index (χ1v) is 7.59. The summed E-state index contributed by atoms with van der Waals surface area (Å²) < 4.78 is 43.7. The zero-order valence-corrected chi connectivity index (χ0v) is 13.0. The summed E-state index contributed by atoms with van der Waals surface area (Å²) in [6.45, 7) is 1.05. The summed E-state index contributed by atoms with van der Waals surface area (Å²) in [5, 5.41) is 9.71. The smallest absolute Gasteiger partial charge is 0.449 e. The zero-order valence-electron chi connectivity index (χ0n) is 13.0. The molecule has 2 atom stereocenters. The number of aliphatic hydroxyl groups excluding tert-OH is 1. The van der Waals surface area contributed by atoms with Gasteiger partial charge in [0.05, 0.1) is 12.6 Å². The number of piperidine rings is 1.